The van der Waals surface area contributed by atoms with Gasteiger partial charge in [0, 0.05) is 17.7 Å². The SMILES string of the molecule is Cc1ccc(Cn2nc(C)c(/C=C/C(=O)O[C@@H](C)C(=O)NC3CC3)c2Cl)cc1. The summed E-state index contributed by atoms with van der Waals surface area (Å²) in [5, 5.41) is 7.70. The molecule has 0 aliphatic heterocycles. The lowest BCUT2D eigenvalue weighted by Gasteiger charge is -2.11. The quantitative estimate of drug-likeness (QED) is 0.569. The largest absolute Gasteiger partial charge is 0.449 e. The fraction of sp³-hybridized carbons (Fsp3) is 0.381. The molecule has 1 N–H and O–H groups in total. The summed E-state index contributed by atoms with van der Waals surface area (Å²) < 4.78 is 6.84. The van der Waals surface area contributed by atoms with Crippen LogP contribution in [0.4, 0.5) is 0 Å². The number of hydrogen-bond donors (Lipinski definition) is 1. The van der Waals surface area contributed by atoms with Gasteiger partial charge >= 0.3 is 5.97 Å². The van der Waals surface area contributed by atoms with E-state index in [9.17, 15) is 9.59 Å². The Kier molecular flexibility index (Phi) is 6.19. The molecule has 1 atom stereocenters. The Morgan fingerprint density at radius 3 is 2.64 bits per heavy atom. The van der Waals surface area contributed by atoms with Crippen LogP contribution >= 0.6 is 11.6 Å². The fourth-order valence-electron chi connectivity index (χ4n) is 2.69. The van der Waals surface area contributed by atoms with Crippen LogP contribution in [0.2, 0.25) is 5.15 Å². The summed E-state index contributed by atoms with van der Waals surface area (Å²) in [6.07, 6.45) is 3.98. The van der Waals surface area contributed by atoms with Gasteiger partial charge in [-0.05, 0) is 45.3 Å². The van der Waals surface area contributed by atoms with E-state index < -0.39 is 12.1 Å². The summed E-state index contributed by atoms with van der Waals surface area (Å²) in [7, 11) is 0. The van der Waals surface area contributed by atoms with Gasteiger partial charge in [-0.25, -0.2) is 9.48 Å². The van der Waals surface area contributed by atoms with Crippen molar-refractivity contribution in [2.75, 3.05) is 0 Å². The summed E-state index contributed by atoms with van der Waals surface area (Å²) in [6, 6.07) is 8.37. The number of benzene rings is 1. The molecule has 1 heterocycles. The molecule has 1 aliphatic rings. The Morgan fingerprint density at radius 2 is 2.00 bits per heavy atom. The number of hydrogen-bond acceptors (Lipinski definition) is 4. The molecular formula is C21H24ClN3O3. The van der Waals surface area contributed by atoms with Crippen LogP contribution in [-0.2, 0) is 20.9 Å². The van der Waals surface area contributed by atoms with Crippen molar-refractivity contribution in [1.82, 2.24) is 15.1 Å². The van der Waals surface area contributed by atoms with Crippen LogP contribution in [-0.4, -0.2) is 33.8 Å². The molecule has 1 saturated carbocycles. The van der Waals surface area contributed by atoms with E-state index in [2.05, 4.69) is 10.4 Å². The van der Waals surface area contributed by atoms with Crippen molar-refractivity contribution < 1.29 is 14.3 Å². The van der Waals surface area contributed by atoms with Gasteiger partial charge in [0.2, 0.25) is 0 Å². The number of halogens is 1. The topological polar surface area (TPSA) is 73.2 Å². The van der Waals surface area contributed by atoms with E-state index in [-0.39, 0.29) is 11.9 Å². The van der Waals surface area contributed by atoms with E-state index in [1.165, 1.54) is 11.6 Å². The van der Waals surface area contributed by atoms with Gasteiger partial charge in [0.1, 0.15) is 5.15 Å². The van der Waals surface area contributed by atoms with Crippen LogP contribution in [0.25, 0.3) is 6.08 Å². The highest BCUT2D eigenvalue weighted by Gasteiger charge is 2.26. The van der Waals surface area contributed by atoms with Crippen LogP contribution in [0.15, 0.2) is 30.3 Å². The van der Waals surface area contributed by atoms with Crippen molar-refractivity contribution in [2.24, 2.45) is 0 Å². The first-order valence-electron chi connectivity index (χ1n) is 9.31. The average Bonchev–Trinajstić information content (AvgIpc) is 3.42. The van der Waals surface area contributed by atoms with Gasteiger partial charge in [-0.2, -0.15) is 5.10 Å². The van der Waals surface area contributed by atoms with Crippen molar-refractivity contribution >= 4 is 29.6 Å². The molecule has 2 aromatic rings. The lowest BCUT2D eigenvalue weighted by atomic mass is 10.1. The molecule has 6 nitrogen and oxygen atoms in total. The van der Waals surface area contributed by atoms with E-state index in [0.717, 1.165) is 18.4 Å². The van der Waals surface area contributed by atoms with Gasteiger partial charge in [-0.15, -0.1) is 0 Å². The summed E-state index contributed by atoms with van der Waals surface area (Å²) in [6.45, 7) is 5.96. The molecule has 28 heavy (non-hydrogen) atoms. The van der Waals surface area contributed by atoms with Crippen molar-refractivity contribution in [2.45, 2.75) is 52.3 Å². The number of esters is 1. The van der Waals surface area contributed by atoms with Crippen molar-refractivity contribution in [3.05, 3.63) is 57.9 Å². The molecule has 0 spiro atoms. The molecule has 1 amide bonds. The van der Waals surface area contributed by atoms with Crippen molar-refractivity contribution in [3.63, 3.8) is 0 Å². The van der Waals surface area contributed by atoms with Gasteiger partial charge in [0.05, 0.1) is 12.2 Å². The minimum absolute atomic E-state index is 0.227. The first kappa shape index (κ1) is 20.1. The number of amides is 1. The minimum atomic E-state index is -0.835. The lowest BCUT2D eigenvalue weighted by Crippen LogP contribution is -2.36. The van der Waals surface area contributed by atoms with E-state index in [1.807, 2.05) is 38.1 Å². The summed E-state index contributed by atoms with van der Waals surface area (Å²) in [5.41, 5.74) is 3.63. The fourth-order valence-corrected chi connectivity index (χ4v) is 2.99. The highest BCUT2D eigenvalue weighted by molar-refractivity contribution is 6.31. The number of aromatic nitrogens is 2. The van der Waals surface area contributed by atoms with E-state index in [4.69, 9.17) is 16.3 Å². The Balaban J connectivity index is 1.62. The van der Waals surface area contributed by atoms with Crippen LogP contribution in [0.3, 0.4) is 0 Å². The molecule has 0 radical (unpaired) electrons. The first-order chi connectivity index (χ1) is 13.3. The number of rotatable bonds is 7. The number of nitrogens with zero attached hydrogens (tertiary/aromatic N) is 2. The maximum Gasteiger partial charge on any atom is 0.331 e. The predicted octanol–water partition coefficient (Wildman–Crippen LogP) is 3.43. The van der Waals surface area contributed by atoms with Gasteiger partial charge in [-0.3, -0.25) is 4.79 Å². The van der Waals surface area contributed by atoms with E-state index in [0.29, 0.717) is 23.0 Å². The number of aryl methyl sites for hydroxylation is 2. The smallest absolute Gasteiger partial charge is 0.331 e. The average molecular weight is 402 g/mol. The molecule has 0 bridgehead atoms. The molecule has 7 heteroatoms. The number of carbonyl (C=O) groups excluding carboxylic acids is 2. The second-order valence-corrected chi connectivity index (χ2v) is 7.49. The third-order valence-electron chi connectivity index (χ3n) is 4.53. The zero-order valence-corrected chi connectivity index (χ0v) is 17.0. The Bertz CT molecular complexity index is 898. The molecule has 1 aliphatic carbocycles. The molecule has 0 unspecified atom stereocenters. The maximum absolute atomic E-state index is 12.0. The van der Waals surface area contributed by atoms with Crippen molar-refractivity contribution in [1.29, 1.82) is 0 Å². The monoisotopic (exact) mass is 401 g/mol. The van der Waals surface area contributed by atoms with Gasteiger partial charge in [0.15, 0.2) is 6.10 Å². The summed E-state index contributed by atoms with van der Waals surface area (Å²) in [5.74, 6) is -0.871. The van der Waals surface area contributed by atoms with Crippen molar-refractivity contribution in [3.8, 4) is 0 Å². The second-order valence-electron chi connectivity index (χ2n) is 7.13. The number of nitrogens with one attached hydrogen (secondary N) is 1. The maximum atomic E-state index is 12.0. The van der Waals surface area contributed by atoms with Gasteiger partial charge in [-0.1, -0.05) is 41.4 Å². The lowest BCUT2D eigenvalue weighted by molar-refractivity contribution is -0.150. The molecule has 1 aromatic carbocycles. The Labute approximate surface area is 169 Å². The third kappa shape index (κ3) is 5.23. The van der Waals surface area contributed by atoms with Crippen LogP contribution in [0, 0.1) is 13.8 Å². The predicted molar refractivity (Wildman–Crippen MR) is 108 cm³/mol. The zero-order valence-electron chi connectivity index (χ0n) is 16.2. The number of carbonyl (C=O) groups is 2. The highest BCUT2D eigenvalue weighted by atomic mass is 35.5. The van der Waals surface area contributed by atoms with Crippen LogP contribution < -0.4 is 5.32 Å². The summed E-state index contributed by atoms with van der Waals surface area (Å²) in [4.78, 5) is 23.9. The van der Waals surface area contributed by atoms with Crippen LogP contribution in [0.1, 0.15) is 42.1 Å². The third-order valence-corrected chi connectivity index (χ3v) is 4.93. The number of ether oxygens (including phenoxy) is 1. The second kappa shape index (κ2) is 8.61. The zero-order chi connectivity index (χ0) is 20.3. The first-order valence-corrected chi connectivity index (χ1v) is 9.69. The van der Waals surface area contributed by atoms with Crippen LogP contribution in [0.5, 0.6) is 0 Å². The standard InChI is InChI=1S/C21H24ClN3O3/c1-13-4-6-16(7-5-13)12-25-20(22)18(14(2)24-25)10-11-19(26)28-15(3)21(27)23-17-8-9-17/h4-7,10-11,15,17H,8-9,12H2,1-3H3,(H,23,27)/b11-10+/t15-/m0/s1. The van der Waals surface area contributed by atoms with E-state index >= 15 is 0 Å². The highest BCUT2D eigenvalue weighted by Crippen LogP contribution is 2.23. The molecule has 148 valence electrons. The minimum Gasteiger partial charge on any atom is -0.449 e. The molecule has 0 saturated heterocycles. The van der Waals surface area contributed by atoms with E-state index in [1.54, 1.807) is 17.7 Å². The molecular weight excluding hydrogens is 378 g/mol. The molecule has 1 fully saturated rings. The molecule has 1 aromatic heterocycles. The molecule has 3 rings (SSSR count). The Morgan fingerprint density at radius 1 is 1.32 bits per heavy atom. The van der Waals surface area contributed by atoms with Gasteiger partial charge < -0.3 is 10.1 Å². The normalized spacial score (nSPS) is 14.9. The Hall–Kier alpha value is -2.60. The van der Waals surface area contributed by atoms with Gasteiger partial charge in [0.25, 0.3) is 5.91 Å². The summed E-state index contributed by atoms with van der Waals surface area (Å²) >= 11 is 6.45.